The number of benzene rings is 2. The van der Waals surface area contributed by atoms with Gasteiger partial charge in [-0.2, -0.15) is 0 Å². The van der Waals surface area contributed by atoms with Crippen LogP contribution >= 0.6 is 0 Å². The maximum Gasteiger partial charge on any atom is 0.273 e. The van der Waals surface area contributed by atoms with E-state index >= 15 is 0 Å². The van der Waals surface area contributed by atoms with E-state index in [-0.39, 0.29) is 36.1 Å². The predicted molar refractivity (Wildman–Crippen MR) is 133 cm³/mol. The summed E-state index contributed by atoms with van der Waals surface area (Å²) >= 11 is 0. The highest BCUT2D eigenvalue weighted by Gasteiger charge is 2.39. The van der Waals surface area contributed by atoms with E-state index in [1.54, 1.807) is 7.11 Å². The fraction of sp³-hybridized carbons (Fsp3) is 0.393. The maximum atomic E-state index is 13.2. The number of aromatic nitrogens is 1. The first-order valence-electron chi connectivity index (χ1n) is 12.4. The Balaban J connectivity index is 1.34. The summed E-state index contributed by atoms with van der Waals surface area (Å²) in [5.74, 6) is 1.05. The molecule has 2 amide bonds. The minimum absolute atomic E-state index is 0.0874. The third-order valence-electron chi connectivity index (χ3n) is 6.69. The molecule has 0 radical (unpaired) electrons. The Bertz CT molecular complexity index is 1230. The number of methoxy groups -OCH3 is 1. The van der Waals surface area contributed by atoms with Crippen LogP contribution in [0.1, 0.15) is 57.5 Å². The van der Waals surface area contributed by atoms with Gasteiger partial charge in [-0.3, -0.25) is 9.59 Å². The summed E-state index contributed by atoms with van der Waals surface area (Å²) in [6.07, 6.45) is 4.10. The molecule has 2 heterocycles. The standard InChI is InChI=1S/C28H31N3O5/c1-18-3-5-20(6-4-18)26-23-15-22(10-9-19(23)11-13-31(26)28(33)21-7-8-21)35-17-25-30-24(16-36-25)27(32)29-12-14-34-2/h3-6,9-10,15-16,21,26H,7-8,11-14,17H2,1-2H3,(H,29,32)/t26-/m1/s1. The van der Waals surface area contributed by atoms with Crippen molar-refractivity contribution in [2.45, 2.75) is 38.8 Å². The van der Waals surface area contributed by atoms with Crippen molar-refractivity contribution in [2.75, 3.05) is 26.8 Å². The van der Waals surface area contributed by atoms with Crippen LogP contribution in [0.3, 0.4) is 0 Å². The Morgan fingerprint density at radius 1 is 1.17 bits per heavy atom. The van der Waals surface area contributed by atoms with Crippen LogP contribution in [0.25, 0.3) is 0 Å². The number of hydrogen-bond donors (Lipinski definition) is 1. The highest BCUT2D eigenvalue weighted by Crippen LogP contribution is 2.41. The Kier molecular flexibility index (Phi) is 7.04. The van der Waals surface area contributed by atoms with Crippen molar-refractivity contribution in [3.8, 4) is 5.75 Å². The molecule has 0 saturated heterocycles. The average molecular weight is 490 g/mol. The van der Waals surface area contributed by atoms with Gasteiger partial charge >= 0.3 is 0 Å². The fourth-order valence-corrected chi connectivity index (χ4v) is 4.58. The van der Waals surface area contributed by atoms with E-state index in [0.717, 1.165) is 30.4 Å². The SMILES string of the molecule is COCCNC(=O)c1coc(COc2ccc3c(c2)[C@@H](c2ccc(C)cc2)N(C(=O)C2CC2)CC3)n1. The second-order valence-electron chi connectivity index (χ2n) is 9.39. The van der Waals surface area contributed by atoms with Crippen LogP contribution in [0.15, 0.2) is 53.1 Å². The lowest BCUT2D eigenvalue weighted by molar-refractivity contribution is -0.134. The molecule has 36 heavy (non-hydrogen) atoms. The molecule has 0 bridgehead atoms. The Morgan fingerprint density at radius 3 is 2.72 bits per heavy atom. The van der Waals surface area contributed by atoms with Crippen LogP contribution in [0.5, 0.6) is 5.75 Å². The number of carbonyl (C=O) groups is 2. The number of ether oxygens (including phenoxy) is 2. The summed E-state index contributed by atoms with van der Waals surface area (Å²) in [5, 5.41) is 2.71. The van der Waals surface area contributed by atoms with Gasteiger partial charge in [-0.15, -0.1) is 0 Å². The molecule has 8 nitrogen and oxygen atoms in total. The molecule has 5 rings (SSSR count). The van der Waals surface area contributed by atoms with Gasteiger partial charge in [0, 0.05) is 26.1 Å². The number of rotatable bonds is 9. The topological polar surface area (TPSA) is 93.9 Å². The molecule has 1 N–H and O–H groups in total. The van der Waals surface area contributed by atoms with Crippen molar-refractivity contribution in [1.29, 1.82) is 0 Å². The molecule has 1 aliphatic carbocycles. The number of aryl methyl sites for hydroxylation is 1. The lowest BCUT2D eigenvalue weighted by Gasteiger charge is -2.38. The van der Waals surface area contributed by atoms with Gasteiger partial charge in [0.05, 0.1) is 12.6 Å². The third-order valence-corrected chi connectivity index (χ3v) is 6.69. The van der Waals surface area contributed by atoms with Crippen LogP contribution in [-0.4, -0.2) is 48.5 Å². The van der Waals surface area contributed by atoms with Crippen molar-refractivity contribution < 1.29 is 23.5 Å². The van der Waals surface area contributed by atoms with Gasteiger partial charge in [0.1, 0.15) is 12.0 Å². The van der Waals surface area contributed by atoms with E-state index in [1.807, 2.05) is 17.0 Å². The smallest absolute Gasteiger partial charge is 0.273 e. The van der Waals surface area contributed by atoms with Gasteiger partial charge < -0.3 is 24.1 Å². The molecule has 1 fully saturated rings. The lowest BCUT2D eigenvalue weighted by Crippen LogP contribution is -2.41. The number of nitrogens with one attached hydrogen (secondary N) is 1. The molecule has 1 atom stereocenters. The number of oxazole rings is 1. The van der Waals surface area contributed by atoms with Crippen molar-refractivity contribution in [3.63, 3.8) is 0 Å². The second-order valence-corrected chi connectivity index (χ2v) is 9.39. The number of hydrogen-bond acceptors (Lipinski definition) is 6. The largest absolute Gasteiger partial charge is 0.484 e. The molecule has 8 heteroatoms. The van der Waals surface area contributed by atoms with Gasteiger partial charge in [0.15, 0.2) is 12.3 Å². The molecule has 1 aliphatic heterocycles. The van der Waals surface area contributed by atoms with Crippen molar-refractivity contribution in [1.82, 2.24) is 15.2 Å². The van der Waals surface area contributed by atoms with E-state index in [4.69, 9.17) is 13.9 Å². The zero-order valence-corrected chi connectivity index (χ0v) is 20.7. The van der Waals surface area contributed by atoms with Crippen molar-refractivity contribution >= 4 is 11.8 Å². The summed E-state index contributed by atoms with van der Waals surface area (Å²) < 4.78 is 16.4. The van der Waals surface area contributed by atoms with Crippen LogP contribution in [-0.2, 0) is 22.6 Å². The monoisotopic (exact) mass is 489 g/mol. The first-order chi connectivity index (χ1) is 17.5. The van der Waals surface area contributed by atoms with Crippen LogP contribution < -0.4 is 10.1 Å². The maximum absolute atomic E-state index is 13.2. The van der Waals surface area contributed by atoms with Gasteiger partial charge in [-0.25, -0.2) is 4.98 Å². The van der Waals surface area contributed by atoms with E-state index in [0.29, 0.717) is 31.3 Å². The fourth-order valence-electron chi connectivity index (χ4n) is 4.58. The van der Waals surface area contributed by atoms with E-state index in [1.165, 1.54) is 17.4 Å². The zero-order valence-electron chi connectivity index (χ0n) is 20.7. The van der Waals surface area contributed by atoms with Gasteiger partial charge in [0.25, 0.3) is 5.91 Å². The minimum Gasteiger partial charge on any atom is -0.484 e. The van der Waals surface area contributed by atoms with E-state index in [2.05, 4.69) is 47.6 Å². The molecule has 3 aromatic rings. The summed E-state index contributed by atoms with van der Waals surface area (Å²) in [7, 11) is 1.57. The second kappa shape index (κ2) is 10.5. The van der Waals surface area contributed by atoms with Crippen molar-refractivity contribution in [3.05, 3.63) is 82.6 Å². The van der Waals surface area contributed by atoms with Crippen LogP contribution in [0.4, 0.5) is 0 Å². The molecule has 1 saturated carbocycles. The first-order valence-corrected chi connectivity index (χ1v) is 12.4. The molecule has 0 spiro atoms. The molecular weight excluding hydrogens is 458 g/mol. The van der Waals surface area contributed by atoms with Crippen molar-refractivity contribution in [2.24, 2.45) is 5.92 Å². The zero-order chi connectivity index (χ0) is 25.1. The quantitative estimate of drug-likeness (QED) is 0.459. The van der Waals surface area contributed by atoms with Crippen LogP contribution in [0.2, 0.25) is 0 Å². The number of fused-ring (bicyclic) bond motifs is 1. The summed E-state index contributed by atoms with van der Waals surface area (Å²) in [6.45, 7) is 3.68. The summed E-state index contributed by atoms with van der Waals surface area (Å²) in [6, 6.07) is 14.3. The first kappa shape index (κ1) is 24.1. The van der Waals surface area contributed by atoms with Gasteiger partial charge in [0.2, 0.25) is 11.8 Å². The Morgan fingerprint density at radius 2 is 1.97 bits per heavy atom. The number of nitrogens with zero attached hydrogens (tertiary/aromatic N) is 2. The van der Waals surface area contributed by atoms with E-state index < -0.39 is 0 Å². The van der Waals surface area contributed by atoms with E-state index in [9.17, 15) is 9.59 Å². The Labute approximate surface area is 210 Å². The highest BCUT2D eigenvalue weighted by atomic mass is 16.5. The normalized spacial score (nSPS) is 16.9. The number of amides is 2. The molecule has 2 aromatic carbocycles. The molecule has 0 unspecified atom stereocenters. The van der Waals surface area contributed by atoms with Crippen LogP contribution in [0, 0.1) is 12.8 Å². The number of carbonyl (C=O) groups excluding carboxylic acids is 2. The highest BCUT2D eigenvalue weighted by molar-refractivity contribution is 5.91. The molecule has 2 aliphatic rings. The Hall–Kier alpha value is -3.65. The minimum atomic E-state index is -0.322. The average Bonchev–Trinajstić information content (AvgIpc) is 3.64. The predicted octanol–water partition coefficient (Wildman–Crippen LogP) is 3.82. The molecular formula is C28H31N3O5. The van der Waals surface area contributed by atoms with Gasteiger partial charge in [-0.1, -0.05) is 35.9 Å². The molecule has 188 valence electrons. The third kappa shape index (κ3) is 5.28. The lowest BCUT2D eigenvalue weighted by atomic mass is 9.87. The summed E-state index contributed by atoms with van der Waals surface area (Å²) in [4.78, 5) is 31.6. The molecule has 1 aromatic heterocycles. The summed E-state index contributed by atoms with van der Waals surface area (Å²) in [5.41, 5.74) is 4.79. The van der Waals surface area contributed by atoms with Gasteiger partial charge in [-0.05, 0) is 55.0 Å².